The van der Waals surface area contributed by atoms with Gasteiger partial charge in [0.25, 0.3) is 0 Å². The van der Waals surface area contributed by atoms with E-state index in [2.05, 4.69) is 5.32 Å². The summed E-state index contributed by atoms with van der Waals surface area (Å²) in [5.74, 6) is -0.733. The van der Waals surface area contributed by atoms with Gasteiger partial charge in [-0.2, -0.15) is 8.42 Å². The van der Waals surface area contributed by atoms with Gasteiger partial charge in [0.2, 0.25) is 0 Å². The SMILES string of the molecule is COC(=O)C(CNCc1ccccc1)c1ccc(OS(=O)(=O)c2ccc(C)cc2)cc1. The molecule has 162 valence electrons. The van der Waals surface area contributed by atoms with Crippen molar-refractivity contribution in [3.63, 3.8) is 0 Å². The van der Waals surface area contributed by atoms with Crippen LogP contribution in [0.4, 0.5) is 0 Å². The van der Waals surface area contributed by atoms with Crippen LogP contribution < -0.4 is 9.50 Å². The second kappa shape index (κ2) is 10.2. The van der Waals surface area contributed by atoms with Gasteiger partial charge in [0, 0.05) is 13.1 Å². The zero-order chi connectivity index (χ0) is 22.3. The van der Waals surface area contributed by atoms with Crippen molar-refractivity contribution in [3.8, 4) is 5.75 Å². The Labute approximate surface area is 183 Å². The minimum absolute atomic E-state index is 0.0831. The molecule has 0 aliphatic carbocycles. The van der Waals surface area contributed by atoms with Crippen LogP contribution in [0.5, 0.6) is 5.75 Å². The largest absolute Gasteiger partial charge is 0.469 e. The number of rotatable bonds is 9. The highest BCUT2D eigenvalue weighted by molar-refractivity contribution is 7.87. The van der Waals surface area contributed by atoms with Gasteiger partial charge in [-0.05, 0) is 42.3 Å². The topological polar surface area (TPSA) is 81.7 Å². The first kappa shape index (κ1) is 22.5. The van der Waals surface area contributed by atoms with E-state index < -0.39 is 16.0 Å². The van der Waals surface area contributed by atoms with Crippen molar-refractivity contribution in [3.05, 3.63) is 95.6 Å². The summed E-state index contributed by atoms with van der Waals surface area (Å²) in [4.78, 5) is 12.4. The number of hydrogen-bond acceptors (Lipinski definition) is 6. The number of hydrogen-bond donors (Lipinski definition) is 1. The number of nitrogens with one attached hydrogen (secondary N) is 1. The van der Waals surface area contributed by atoms with E-state index in [-0.39, 0.29) is 16.6 Å². The van der Waals surface area contributed by atoms with Crippen molar-refractivity contribution >= 4 is 16.1 Å². The number of benzene rings is 3. The maximum absolute atomic E-state index is 12.5. The zero-order valence-electron chi connectivity index (χ0n) is 17.4. The molecule has 0 aromatic heterocycles. The lowest BCUT2D eigenvalue weighted by atomic mass is 9.99. The minimum atomic E-state index is -3.93. The third-order valence-electron chi connectivity index (χ3n) is 4.80. The first-order valence-electron chi connectivity index (χ1n) is 9.82. The average molecular weight is 440 g/mol. The number of carbonyl (C=O) groups excluding carboxylic acids is 1. The molecule has 0 heterocycles. The first-order valence-corrected chi connectivity index (χ1v) is 11.2. The Bertz CT molecular complexity index is 1090. The normalized spacial score (nSPS) is 12.2. The lowest BCUT2D eigenvalue weighted by Crippen LogP contribution is -2.27. The molecule has 0 saturated heterocycles. The van der Waals surface area contributed by atoms with Crippen LogP contribution >= 0.6 is 0 Å². The molecular weight excluding hydrogens is 414 g/mol. The van der Waals surface area contributed by atoms with Gasteiger partial charge in [-0.15, -0.1) is 0 Å². The Morgan fingerprint density at radius 1 is 0.935 bits per heavy atom. The summed E-state index contributed by atoms with van der Waals surface area (Å²) in [6.45, 7) is 2.87. The summed E-state index contributed by atoms with van der Waals surface area (Å²) in [5.41, 5.74) is 2.77. The molecule has 0 aliphatic heterocycles. The van der Waals surface area contributed by atoms with Gasteiger partial charge in [-0.25, -0.2) is 0 Å². The van der Waals surface area contributed by atoms with Gasteiger partial charge in [0.05, 0.1) is 13.0 Å². The second-order valence-electron chi connectivity index (χ2n) is 7.11. The maximum Gasteiger partial charge on any atom is 0.339 e. The predicted octanol–water partition coefficient (Wildman–Crippen LogP) is 3.81. The Hall–Kier alpha value is -3.16. The third-order valence-corrected chi connectivity index (χ3v) is 6.07. The van der Waals surface area contributed by atoms with E-state index in [1.807, 2.05) is 37.3 Å². The van der Waals surface area contributed by atoms with E-state index in [9.17, 15) is 13.2 Å². The number of esters is 1. The van der Waals surface area contributed by atoms with Gasteiger partial charge in [0.1, 0.15) is 10.6 Å². The van der Waals surface area contributed by atoms with Crippen LogP contribution in [-0.2, 0) is 26.2 Å². The highest BCUT2D eigenvalue weighted by atomic mass is 32.2. The van der Waals surface area contributed by atoms with Crippen LogP contribution in [-0.4, -0.2) is 28.0 Å². The monoisotopic (exact) mass is 439 g/mol. The average Bonchev–Trinajstić information content (AvgIpc) is 2.78. The third kappa shape index (κ3) is 6.16. The van der Waals surface area contributed by atoms with Crippen LogP contribution in [0.25, 0.3) is 0 Å². The Kier molecular flexibility index (Phi) is 7.44. The van der Waals surface area contributed by atoms with E-state index in [1.165, 1.54) is 31.4 Å². The van der Waals surface area contributed by atoms with Crippen molar-refractivity contribution < 1.29 is 22.1 Å². The predicted molar refractivity (Wildman–Crippen MR) is 118 cm³/mol. The minimum Gasteiger partial charge on any atom is -0.469 e. The maximum atomic E-state index is 12.5. The smallest absolute Gasteiger partial charge is 0.339 e. The second-order valence-corrected chi connectivity index (χ2v) is 8.66. The molecule has 3 aromatic carbocycles. The molecule has 0 fully saturated rings. The summed E-state index contributed by atoms with van der Waals surface area (Å²) < 4.78 is 35.1. The summed E-state index contributed by atoms with van der Waals surface area (Å²) in [6, 6.07) is 22.7. The number of methoxy groups -OCH3 is 1. The van der Waals surface area contributed by atoms with E-state index in [0.29, 0.717) is 18.7 Å². The van der Waals surface area contributed by atoms with E-state index in [4.69, 9.17) is 8.92 Å². The van der Waals surface area contributed by atoms with Crippen LogP contribution in [0.3, 0.4) is 0 Å². The van der Waals surface area contributed by atoms with Crippen LogP contribution in [0.15, 0.2) is 83.8 Å². The summed E-state index contributed by atoms with van der Waals surface area (Å²) in [5, 5.41) is 3.27. The molecule has 0 saturated carbocycles. The van der Waals surface area contributed by atoms with Crippen molar-refractivity contribution in [2.24, 2.45) is 0 Å². The molecule has 3 rings (SSSR count). The lowest BCUT2D eigenvalue weighted by Gasteiger charge is -2.16. The van der Waals surface area contributed by atoms with Crippen molar-refractivity contribution in [1.82, 2.24) is 5.32 Å². The quantitative estimate of drug-likeness (QED) is 0.403. The molecule has 1 atom stereocenters. The van der Waals surface area contributed by atoms with Gasteiger partial charge in [0.15, 0.2) is 0 Å². The fraction of sp³-hybridized carbons (Fsp3) is 0.208. The Morgan fingerprint density at radius 3 is 2.19 bits per heavy atom. The van der Waals surface area contributed by atoms with E-state index >= 15 is 0 Å². The molecule has 1 unspecified atom stereocenters. The van der Waals surface area contributed by atoms with Crippen LogP contribution in [0, 0.1) is 6.92 Å². The van der Waals surface area contributed by atoms with E-state index in [0.717, 1.165) is 11.1 Å². The lowest BCUT2D eigenvalue weighted by molar-refractivity contribution is -0.142. The highest BCUT2D eigenvalue weighted by Gasteiger charge is 2.22. The molecular formula is C24H25NO5S. The van der Waals surface area contributed by atoms with Crippen molar-refractivity contribution in [2.75, 3.05) is 13.7 Å². The van der Waals surface area contributed by atoms with Crippen LogP contribution in [0.2, 0.25) is 0 Å². The van der Waals surface area contributed by atoms with Gasteiger partial charge < -0.3 is 14.2 Å². The molecule has 3 aromatic rings. The molecule has 0 aliphatic rings. The van der Waals surface area contributed by atoms with Crippen LogP contribution in [0.1, 0.15) is 22.6 Å². The van der Waals surface area contributed by atoms with Crippen molar-refractivity contribution in [2.45, 2.75) is 24.3 Å². The molecule has 6 nitrogen and oxygen atoms in total. The fourth-order valence-electron chi connectivity index (χ4n) is 3.07. The number of aryl methyl sites for hydroxylation is 1. The van der Waals surface area contributed by atoms with Crippen molar-refractivity contribution in [1.29, 1.82) is 0 Å². The molecule has 0 spiro atoms. The van der Waals surface area contributed by atoms with Gasteiger partial charge >= 0.3 is 16.1 Å². The zero-order valence-corrected chi connectivity index (χ0v) is 18.3. The highest BCUT2D eigenvalue weighted by Crippen LogP contribution is 2.23. The molecule has 31 heavy (non-hydrogen) atoms. The summed E-state index contributed by atoms with van der Waals surface area (Å²) >= 11 is 0. The summed E-state index contributed by atoms with van der Waals surface area (Å²) in [7, 11) is -2.59. The molecule has 0 amide bonds. The number of ether oxygens (including phenoxy) is 1. The molecule has 0 bridgehead atoms. The van der Waals surface area contributed by atoms with Gasteiger partial charge in [-0.3, -0.25) is 4.79 Å². The fourth-order valence-corrected chi connectivity index (χ4v) is 4.00. The summed E-state index contributed by atoms with van der Waals surface area (Å²) in [6.07, 6.45) is 0. The standard InChI is InChI=1S/C24H25NO5S/c1-18-8-14-22(15-9-18)31(27,28)30-21-12-10-20(11-13-21)23(24(26)29-2)17-25-16-19-6-4-3-5-7-19/h3-15,23,25H,16-17H2,1-2H3. The first-order chi connectivity index (χ1) is 14.9. The Balaban J connectivity index is 1.69. The number of carbonyl (C=O) groups is 1. The molecule has 7 heteroatoms. The van der Waals surface area contributed by atoms with Gasteiger partial charge in [-0.1, -0.05) is 60.2 Å². The molecule has 0 radical (unpaired) electrons. The van der Waals surface area contributed by atoms with E-state index in [1.54, 1.807) is 24.3 Å². The molecule has 1 N–H and O–H groups in total. The Morgan fingerprint density at radius 2 is 1.58 bits per heavy atom.